The number of aryl methyl sites for hydroxylation is 1. The van der Waals surface area contributed by atoms with Crippen molar-refractivity contribution < 1.29 is 14.3 Å². The number of carbonyl (C=O) groups is 2. The number of carbonyl (C=O) groups excluding carboxylic acids is 2. The Balaban J connectivity index is 1.38. The molecule has 6 heteroatoms. The lowest BCUT2D eigenvalue weighted by Crippen LogP contribution is -2.31. The number of hydrogen-bond donors (Lipinski definition) is 0. The summed E-state index contributed by atoms with van der Waals surface area (Å²) < 4.78 is 5.92. The Hall–Kier alpha value is -3.44. The number of hydrogen-bond acceptors (Lipinski definition) is 4. The van der Waals surface area contributed by atoms with Crippen molar-refractivity contribution >= 4 is 35.6 Å². The Morgan fingerprint density at radius 1 is 0.968 bits per heavy atom. The quantitative estimate of drug-likeness (QED) is 0.376. The van der Waals surface area contributed by atoms with E-state index in [1.165, 1.54) is 4.90 Å². The van der Waals surface area contributed by atoms with Crippen molar-refractivity contribution in [2.24, 2.45) is 0 Å². The standard InChI is InChI=1S/C25H21ClN2O3/c1-17-10-13-23(22(27-17)12-11-18-6-4-7-19(26)16-18)31-15-5-14-28-24(29)20-8-2-3-9-21(20)25(28)30/h2-4,6-13,16H,5,14-15H2,1H3. The fourth-order valence-electron chi connectivity index (χ4n) is 3.44. The summed E-state index contributed by atoms with van der Waals surface area (Å²) >= 11 is 6.05. The van der Waals surface area contributed by atoms with Gasteiger partial charge in [0.1, 0.15) is 11.4 Å². The number of fused-ring (bicyclic) bond motifs is 1. The van der Waals surface area contributed by atoms with Crippen molar-refractivity contribution in [3.8, 4) is 5.75 Å². The predicted octanol–water partition coefficient (Wildman–Crippen LogP) is 5.28. The Morgan fingerprint density at radius 2 is 1.71 bits per heavy atom. The number of pyridine rings is 1. The third-order valence-electron chi connectivity index (χ3n) is 4.97. The highest BCUT2D eigenvalue weighted by molar-refractivity contribution is 6.30. The van der Waals surface area contributed by atoms with Crippen LogP contribution in [0.4, 0.5) is 0 Å². The van der Waals surface area contributed by atoms with E-state index in [0.29, 0.717) is 47.2 Å². The zero-order chi connectivity index (χ0) is 21.8. The van der Waals surface area contributed by atoms with Gasteiger partial charge in [-0.1, -0.05) is 41.9 Å². The average Bonchev–Trinajstić information content (AvgIpc) is 3.01. The van der Waals surface area contributed by atoms with E-state index in [0.717, 1.165) is 11.3 Å². The molecular formula is C25H21ClN2O3. The van der Waals surface area contributed by atoms with Crippen LogP contribution in [0.3, 0.4) is 0 Å². The van der Waals surface area contributed by atoms with E-state index in [1.54, 1.807) is 24.3 Å². The largest absolute Gasteiger partial charge is 0.491 e. The Labute approximate surface area is 185 Å². The van der Waals surface area contributed by atoms with Gasteiger partial charge in [-0.15, -0.1) is 0 Å². The van der Waals surface area contributed by atoms with Gasteiger partial charge in [0, 0.05) is 17.3 Å². The van der Waals surface area contributed by atoms with Crippen LogP contribution in [0.1, 0.15) is 44.1 Å². The highest BCUT2D eigenvalue weighted by Gasteiger charge is 2.34. The van der Waals surface area contributed by atoms with Crippen LogP contribution in [-0.2, 0) is 0 Å². The molecule has 0 atom stereocenters. The minimum absolute atomic E-state index is 0.247. The van der Waals surface area contributed by atoms with Crippen molar-refractivity contribution in [3.63, 3.8) is 0 Å². The molecule has 31 heavy (non-hydrogen) atoms. The molecule has 1 aliphatic rings. The second-order valence-electron chi connectivity index (χ2n) is 7.23. The molecule has 1 aliphatic heterocycles. The maximum absolute atomic E-state index is 12.4. The minimum Gasteiger partial charge on any atom is -0.491 e. The van der Waals surface area contributed by atoms with E-state index >= 15 is 0 Å². The van der Waals surface area contributed by atoms with Crippen molar-refractivity contribution in [1.82, 2.24) is 9.88 Å². The molecule has 2 amide bonds. The molecule has 3 aromatic rings. The average molecular weight is 433 g/mol. The Morgan fingerprint density at radius 3 is 2.42 bits per heavy atom. The molecule has 0 aliphatic carbocycles. The highest BCUT2D eigenvalue weighted by Crippen LogP contribution is 2.23. The first-order chi connectivity index (χ1) is 15.0. The number of benzene rings is 2. The summed E-state index contributed by atoms with van der Waals surface area (Å²) in [7, 11) is 0. The molecule has 0 N–H and O–H groups in total. The summed E-state index contributed by atoms with van der Waals surface area (Å²) in [5, 5.41) is 0.670. The molecule has 2 heterocycles. The number of aromatic nitrogens is 1. The monoisotopic (exact) mass is 432 g/mol. The second kappa shape index (κ2) is 9.14. The first kappa shape index (κ1) is 20.8. The second-order valence-corrected chi connectivity index (χ2v) is 7.67. The molecule has 0 fully saturated rings. The fraction of sp³-hybridized carbons (Fsp3) is 0.160. The summed E-state index contributed by atoms with van der Waals surface area (Å²) in [6.45, 7) is 2.58. The van der Waals surface area contributed by atoms with Gasteiger partial charge in [0.25, 0.3) is 11.8 Å². The lowest BCUT2D eigenvalue weighted by Gasteiger charge is -2.14. The van der Waals surface area contributed by atoms with E-state index in [2.05, 4.69) is 4.98 Å². The van der Waals surface area contributed by atoms with Crippen molar-refractivity contribution in [1.29, 1.82) is 0 Å². The van der Waals surface area contributed by atoms with Crippen LogP contribution in [0.25, 0.3) is 12.2 Å². The molecule has 0 saturated heterocycles. The lowest BCUT2D eigenvalue weighted by atomic mass is 10.1. The molecule has 1 aromatic heterocycles. The Kier molecular flexibility index (Phi) is 6.14. The maximum Gasteiger partial charge on any atom is 0.261 e. The number of rotatable bonds is 7. The predicted molar refractivity (Wildman–Crippen MR) is 121 cm³/mol. The molecule has 0 bridgehead atoms. The van der Waals surface area contributed by atoms with Crippen LogP contribution in [0.5, 0.6) is 5.75 Å². The van der Waals surface area contributed by atoms with Crippen LogP contribution in [-0.4, -0.2) is 34.8 Å². The zero-order valence-electron chi connectivity index (χ0n) is 17.0. The molecule has 5 nitrogen and oxygen atoms in total. The third kappa shape index (κ3) is 4.67. The molecule has 0 saturated carbocycles. The van der Waals surface area contributed by atoms with E-state index in [4.69, 9.17) is 16.3 Å². The van der Waals surface area contributed by atoms with Crippen molar-refractivity contribution in [3.05, 3.63) is 93.8 Å². The first-order valence-corrected chi connectivity index (χ1v) is 10.4. The molecular weight excluding hydrogens is 412 g/mol. The van der Waals surface area contributed by atoms with Crippen molar-refractivity contribution in [2.45, 2.75) is 13.3 Å². The SMILES string of the molecule is Cc1ccc(OCCCN2C(=O)c3ccccc3C2=O)c(C=Cc2cccc(Cl)c2)n1. The van der Waals surface area contributed by atoms with E-state index in [9.17, 15) is 9.59 Å². The van der Waals surface area contributed by atoms with Crippen LogP contribution >= 0.6 is 11.6 Å². The summed E-state index contributed by atoms with van der Waals surface area (Å²) in [5.41, 5.74) is 3.48. The van der Waals surface area contributed by atoms with Crippen LogP contribution in [0, 0.1) is 6.92 Å². The number of ether oxygens (including phenoxy) is 1. The van der Waals surface area contributed by atoms with E-state index in [1.807, 2.05) is 55.5 Å². The summed E-state index contributed by atoms with van der Waals surface area (Å²) in [4.78, 5) is 30.7. The molecule has 2 aromatic carbocycles. The Bertz CT molecular complexity index is 1140. The molecule has 0 spiro atoms. The third-order valence-corrected chi connectivity index (χ3v) is 5.20. The summed E-state index contributed by atoms with van der Waals surface area (Å²) in [6, 6.07) is 18.2. The van der Waals surface area contributed by atoms with Crippen molar-refractivity contribution in [2.75, 3.05) is 13.2 Å². The van der Waals surface area contributed by atoms with Gasteiger partial charge in [-0.05, 0) is 61.4 Å². The van der Waals surface area contributed by atoms with Gasteiger partial charge in [-0.25, -0.2) is 4.98 Å². The number of halogens is 1. The van der Waals surface area contributed by atoms with Crippen LogP contribution < -0.4 is 4.74 Å². The molecule has 0 radical (unpaired) electrons. The molecule has 156 valence electrons. The normalized spacial score (nSPS) is 13.2. The lowest BCUT2D eigenvalue weighted by molar-refractivity contribution is 0.0646. The fourth-order valence-corrected chi connectivity index (χ4v) is 3.64. The maximum atomic E-state index is 12.4. The van der Waals surface area contributed by atoms with Gasteiger partial charge < -0.3 is 4.74 Å². The number of imide groups is 1. The number of amides is 2. The highest BCUT2D eigenvalue weighted by atomic mass is 35.5. The van der Waals surface area contributed by atoms with Gasteiger partial charge in [0.05, 0.1) is 17.7 Å². The van der Waals surface area contributed by atoms with Gasteiger partial charge in [0.2, 0.25) is 0 Å². The molecule has 4 rings (SSSR count). The topological polar surface area (TPSA) is 59.5 Å². The van der Waals surface area contributed by atoms with Gasteiger partial charge in [-0.3, -0.25) is 14.5 Å². The number of nitrogens with zero attached hydrogens (tertiary/aromatic N) is 2. The van der Waals surface area contributed by atoms with Crippen LogP contribution in [0.15, 0.2) is 60.7 Å². The smallest absolute Gasteiger partial charge is 0.261 e. The summed E-state index contributed by atoms with van der Waals surface area (Å²) in [6.07, 6.45) is 4.34. The van der Waals surface area contributed by atoms with Gasteiger partial charge >= 0.3 is 0 Å². The van der Waals surface area contributed by atoms with E-state index in [-0.39, 0.29) is 11.8 Å². The minimum atomic E-state index is -0.247. The van der Waals surface area contributed by atoms with Crippen LogP contribution in [0.2, 0.25) is 5.02 Å². The van der Waals surface area contributed by atoms with Gasteiger partial charge in [0.15, 0.2) is 0 Å². The first-order valence-electron chi connectivity index (χ1n) is 10.0. The molecule has 0 unspecified atom stereocenters. The summed E-state index contributed by atoms with van der Waals surface area (Å²) in [5.74, 6) is 0.150. The van der Waals surface area contributed by atoms with Gasteiger partial charge in [-0.2, -0.15) is 0 Å². The van der Waals surface area contributed by atoms with E-state index < -0.39 is 0 Å². The zero-order valence-corrected chi connectivity index (χ0v) is 17.8.